The smallest absolute Gasteiger partial charge is 0.192 e. The van der Waals surface area contributed by atoms with Gasteiger partial charge in [0, 0.05) is 77.2 Å². The molecule has 2 aromatic rings. The van der Waals surface area contributed by atoms with Crippen molar-refractivity contribution >= 4 is 16.6 Å². The molecule has 1 unspecified atom stereocenters. The Bertz CT molecular complexity index is 3070. The maximum Gasteiger partial charge on any atom is 0.192 e. The molecule has 18 nitrogen and oxygen atoms in total. The molecular weight excluding hydrogens is 1290 g/mol. The number of hydrogen-bond acceptors (Lipinski definition) is 18. The summed E-state index contributed by atoms with van der Waals surface area (Å²) in [5.41, 5.74) is 1.17. The molecule has 0 spiro atoms. The summed E-state index contributed by atoms with van der Waals surface area (Å²) >= 11 is 0. The quantitative estimate of drug-likeness (QED) is 0.122. The maximum absolute atomic E-state index is 7.50. The fourth-order valence-corrected chi connectivity index (χ4v) is 21.4. The highest BCUT2D eigenvalue weighted by atomic mass is 28.4. The van der Waals surface area contributed by atoms with Crippen molar-refractivity contribution in [3.05, 3.63) is 77.6 Å². The van der Waals surface area contributed by atoms with E-state index >= 15 is 0 Å². The van der Waals surface area contributed by atoms with Crippen LogP contribution in [0.25, 0.3) is 0 Å². The summed E-state index contributed by atoms with van der Waals surface area (Å²) in [7, 11) is -2.56. The van der Waals surface area contributed by atoms with Gasteiger partial charge in [-0.1, -0.05) is 84.0 Å². The van der Waals surface area contributed by atoms with Crippen LogP contribution in [0.1, 0.15) is 189 Å². The Morgan fingerprint density at radius 1 is 0.475 bits per heavy atom. The predicted octanol–water partition coefficient (Wildman–Crippen LogP) is 13.9. The van der Waals surface area contributed by atoms with Crippen LogP contribution in [0.4, 0.5) is 0 Å². The number of fused-ring (bicyclic) bond motifs is 11. The molecule has 20 heteroatoms. The van der Waals surface area contributed by atoms with Gasteiger partial charge in [0.05, 0.1) is 178 Å². The Morgan fingerprint density at radius 2 is 1.00 bits per heavy atom. The van der Waals surface area contributed by atoms with Gasteiger partial charge in [-0.3, -0.25) is 0 Å². The van der Waals surface area contributed by atoms with Crippen molar-refractivity contribution in [1.29, 1.82) is 0 Å². The molecule has 0 amide bonds. The van der Waals surface area contributed by atoms with Crippen LogP contribution in [0, 0.1) is 0 Å². The highest BCUT2D eigenvalue weighted by molar-refractivity contribution is 6.74. The van der Waals surface area contributed by atoms with Crippen LogP contribution in [0.5, 0.6) is 5.75 Å². The van der Waals surface area contributed by atoms with Gasteiger partial charge in [-0.2, -0.15) is 0 Å². The van der Waals surface area contributed by atoms with Gasteiger partial charge in [0.1, 0.15) is 23.6 Å². The molecule has 552 valence electrons. The Kier molecular flexibility index (Phi) is 20.9. The number of hydrogen-bond donors (Lipinski definition) is 0. The average molecular weight is 1410 g/mol. The predicted molar refractivity (Wildman–Crippen MR) is 377 cm³/mol. The number of rotatable bonds is 15. The van der Waals surface area contributed by atoms with Crippen LogP contribution in [-0.2, 0) is 93.1 Å². The summed E-state index contributed by atoms with van der Waals surface area (Å²) < 4.78 is 126. The highest BCUT2D eigenvalue weighted by Crippen LogP contribution is 2.52. The van der Waals surface area contributed by atoms with E-state index in [1.54, 1.807) is 7.11 Å². The first-order chi connectivity index (χ1) is 47.2. The van der Waals surface area contributed by atoms with E-state index in [-0.39, 0.29) is 169 Å². The SMILES string of the molecule is COc1ccc(CO[C@H]2CC[C@H]3O[C@H]4[C@@H](O[Si](C)(C)C(C)(C)C)C[C@H]5O[C@@H](CCOCc6ccccc6)C[C@@H]5O[C@@H]4C[C@@H]3OC2CC2=CC[C@]3(C)O[C@@H]4C[C@@H]5O[C@@H]6C[C@@H]7O[C@@H]8CC[C@@H]9O[C@@H]%10C[C@H](O[Si](C)(C)C(C)(C)C)[C@@H](C)O[C@H]%10C[C@H]9O[C@@]8(C)C[C@H]7O[C@H]6C[C@H]5O[C@H]4CC[C@H]3O2)cc1. The van der Waals surface area contributed by atoms with E-state index in [0.29, 0.717) is 39.1 Å². The first-order valence-electron chi connectivity index (χ1n) is 38.7. The van der Waals surface area contributed by atoms with E-state index in [1.807, 2.05) is 18.2 Å². The van der Waals surface area contributed by atoms with Crippen molar-refractivity contribution in [2.24, 2.45) is 0 Å². The van der Waals surface area contributed by atoms with Gasteiger partial charge >= 0.3 is 0 Å². The third-order valence-electron chi connectivity index (χ3n) is 26.5. The molecule has 13 aliphatic rings. The molecule has 12 saturated heterocycles. The van der Waals surface area contributed by atoms with Crippen molar-refractivity contribution in [3.63, 3.8) is 0 Å². The van der Waals surface area contributed by atoms with Crippen molar-refractivity contribution < 1.29 is 84.6 Å². The Balaban J connectivity index is 0.588. The van der Waals surface area contributed by atoms with Gasteiger partial charge in [0.2, 0.25) is 0 Å². The number of benzene rings is 2. The van der Waals surface area contributed by atoms with Crippen molar-refractivity contribution in [3.8, 4) is 5.75 Å². The first-order valence-corrected chi connectivity index (χ1v) is 44.5. The topological polar surface area (TPSA) is 166 Å². The van der Waals surface area contributed by atoms with Gasteiger partial charge in [-0.25, -0.2) is 0 Å². The zero-order valence-electron chi connectivity index (χ0n) is 62.0. The monoisotopic (exact) mass is 1410 g/mol. The molecule has 0 aromatic heterocycles. The molecule has 0 saturated carbocycles. The number of methoxy groups -OCH3 is 1. The molecule has 2 aromatic carbocycles. The van der Waals surface area contributed by atoms with Crippen LogP contribution in [-0.4, -0.2) is 200 Å². The molecule has 0 N–H and O–H groups in total. The lowest BCUT2D eigenvalue weighted by atomic mass is 9.80. The van der Waals surface area contributed by atoms with Crippen molar-refractivity contribution in [2.75, 3.05) is 13.7 Å². The second kappa shape index (κ2) is 28.7. The maximum atomic E-state index is 7.50. The van der Waals surface area contributed by atoms with Crippen LogP contribution in [0.15, 0.2) is 66.4 Å². The third-order valence-corrected chi connectivity index (χ3v) is 35.5. The Hall–Kier alpha value is -2.43. The third kappa shape index (κ3) is 15.3. The van der Waals surface area contributed by atoms with E-state index in [0.717, 1.165) is 113 Å². The summed E-state index contributed by atoms with van der Waals surface area (Å²) in [5, 5.41) is 0.126. The fourth-order valence-electron chi connectivity index (χ4n) is 18.6. The molecule has 28 atom stereocenters. The summed E-state index contributed by atoms with van der Waals surface area (Å²) in [4.78, 5) is 0. The molecule has 12 fully saturated rings. The van der Waals surface area contributed by atoms with Crippen LogP contribution < -0.4 is 4.74 Å². The van der Waals surface area contributed by atoms with Gasteiger partial charge in [-0.15, -0.1) is 0 Å². The van der Waals surface area contributed by atoms with Crippen LogP contribution >= 0.6 is 0 Å². The lowest BCUT2D eigenvalue weighted by molar-refractivity contribution is -0.325. The van der Waals surface area contributed by atoms with Gasteiger partial charge in [-0.05, 0) is 131 Å². The van der Waals surface area contributed by atoms with E-state index in [1.165, 1.54) is 5.56 Å². The largest absolute Gasteiger partial charge is 0.497 e. The van der Waals surface area contributed by atoms with Gasteiger partial charge < -0.3 is 84.6 Å². The van der Waals surface area contributed by atoms with Crippen LogP contribution in [0.2, 0.25) is 36.3 Å². The lowest BCUT2D eigenvalue weighted by Gasteiger charge is -2.55. The Morgan fingerprint density at radius 3 is 1.69 bits per heavy atom. The normalized spacial score (nSPS) is 44.5. The minimum Gasteiger partial charge on any atom is -0.497 e. The fraction of sp³-hybridized carbons (Fsp3) is 0.823. The van der Waals surface area contributed by atoms with Crippen LogP contribution in [0.3, 0.4) is 0 Å². The molecule has 13 aliphatic heterocycles. The summed E-state index contributed by atoms with van der Waals surface area (Å²) in [6.45, 7) is 31.5. The second-order valence-corrected chi connectivity index (χ2v) is 45.1. The Labute approximate surface area is 592 Å². The van der Waals surface area contributed by atoms with Gasteiger partial charge in [0.25, 0.3) is 0 Å². The average Bonchev–Trinajstić information content (AvgIpc) is 1.74. The lowest BCUT2D eigenvalue weighted by Crippen LogP contribution is -2.65. The number of ether oxygens (including phenoxy) is 16. The molecule has 13 heterocycles. The van der Waals surface area contributed by atoms with E-state index < -0.39 is 27.8 Å². The van der Waals surface area contributed by atoms with E-state index in [9.17, 15) is 0 Å². The zero-order valence-corrected chi connectivity index (χ0v) is 64.0. The highest BCUT2D eigenvalue weighted by Gasteiger charge is 2.61. The van der Waals surface area contributed by atoms with E-state index in [2.05, 4.69) is 131 Å². The molecule has 15 rings (SSSR count). The molecule has 99 heavy (non-hydrogen) atoms. The summed E-state index contributed by atoms with van der Waals surface area (Å²) in [6, 6.07) is 18.5. The van der Waals surface area contributed by atoms with Gasteiger partial charge in [0.15, 0.2) is 16.6 Å². The minimum absolute atomic E-state index is 0.00548. The molecule has 0 radical (unpaired) electrons. The zero-order chi connectivity index (χ0) is 69.0. The van der Waals surface area contributed by atoms with E-state index in [4.69, 9.17) is 84.6 Å². The molecule has 0 bridgehead atoms. The molecule has 0 aliphatic carbocycles. The first kappa shape index (κ1) is 72.1. The summed E-state index contributed by atoms with van der Waals surface area (Å²) in [5.74, 6) is 1.74. The van der Waals surface area contributed by atoms with Crippen molar-refractivity contribution in [1.82, 2.24) is 0 Å². The minimum atomic E-state index is -2.26. The van der Waals surface area contributed by atoms with Crippen molar-refractivity contribution in [2.45, 2.75) is 397 Å². The molecular formula is C79H120O18Si2. The second-order valence-electron chi connectivity index (χ2n) is 35.6. The standard InChI is InChI=1S/C79H120O18Si2/c1-46-56(96-98(11,12)76(2,3)4)36-62-60(83-46)39-69-55(86-62)27-29-74-79(9,95-69)43-72-67(92-74)38-64-65(91-72)37-63-66(89-64)40-68-54(87-63)26-28-73-78(8,94-68)32-30-50(85-73)34-57-52(82-45-48-20-22-49(80-10)23-21-48)24-25-53-59(88-57)41-70-75(93-53)71(97-99(13,14)77(5,6)7)42-61-58(90-70)35-51(84-61)31-33-81-44-47-18-16-15-17-19-47/h15-23,30,46,51-75H,24-29,31-45H2,1-14H3/t46-,51+,52+,53-,54+,55+,56+,57?,58+,59+,60+,61-,62-,63-,64-,65+,66+,67+,68-,69-,70-,71+,72-,73-,74-,75-,78+,79+/m1/s1. The summed E-state index contributed by atoms with van der Waals surface area (Å²) in [6.07, 6.45) is 13.3.